The summed E-state index contributed by atoms with van der Waals surface area (Å²) in [6, 6.07) is 11.8. The molecular weight excluding hydrogens is 609 g/mol. The van der Waals surface area contributed by atoms with Crippen molar-refractivity contribution in [2.75, 3.05) is 11.9 Å². The van der Waals surface area contributed by atoms with Gasteiger partial charge in [0, 0.05) is 37.8 Å². The van der Waals surface area contributed by atoms with E-state index in [1.54, 1.807) is 33.9 Å². The minimum absolute atomic E-state index is 0.707. The van der Waals surface area contributed by atoms with Gasteiger partial charge in [0.2, 0.25) is 5.88 Å². The zero-order chi connectivity index (χ0) is 28.1. The van der Waals surface area contributed by atoms with Crippen molar-refractivity contribution >= 4 is 55.9 Å². The SMILES string of the molecule is Cn1nc(I)c2ccc(C(C)(C)O)cc21.Cn1nc(Nc2cnn3c2OCCC3)c2ccc(C(C)(C)O)cc21. The quantitative estimate of drug-likeness (QED) is 0.238. The molecule has 0 atom stereocenters. The van der Waals surface area contributed by atoms with E-state index in [0.717, 1.165) is 67.0 Å². The molecule has 0 radical (unpaired) electrons. The van der Waals surface area contributed by atoms with Crippen LogP contribution in [0.3, 0.4) is 0 Å². The number of nitrogens with zero attached hydrogens (tertiary/aromatic N) is 6. The Kier molecular flexibility index (Phi) is 7.10. The second kappa shape index (κ2) is 10.1. The third-order valence-corrected chi connectivity index (χ3v) is 7.66. The van der Waals surface area contributed by atoms with Gasteiger partial charge < -0.3 is 20.3 Å². The number of hydrogen-bond acceptors (Lipinski definition) is 7. The molecule has 39 heavy (non-hydrogen) atoms. The molecule has 0 aliphatic carbocycles. The average molecular weight is 644 g/mol. The Morgan fingerprint density at radius 2 is 1.49 bits per heavy atom. The Morgan fingerprint density at radius 3 is 2.13 bits per heavy atom. The molecule has 206 valence electrons. The van der Waals surface area contributed by atoms with Crippen LogP contribution in [0.4, 0.5) is 11.5 Å². The minimum atomic E-state index is -0.884. The van der Waals surface area contributed by atoms with Crippen molar-refractivity contribution in [3.05, 3.63) is 57.4 Å². The second-order valence-corrected chi connectivity index (χ2v) is 11.9. The summed E-state index contributed by atoms with van der Waals surface area (Å²) in [5, 5.41) is 38.8. The first kappa shape index (κ1) is 27.4. The number of benzene rings is 2. The normalized spacial score (nSPS) is 13.7. The van der Waals surface area contributed by atoms with Crippen LogP contribution in [0.1, 0.15) is 45.2 Å². The van der Waals surface area contributed by atoms with Crippen molar-refractivity contribution in [3.63, 3.8) is 0 Å². The average Bonchev–Trinajstić information content (AvgIpc) is 3.52. The van der Waals surface area contributed by atoms with E-state index in [1.165, 1.54) is 0 Å². The van der Waals surface area contributed by atoms with Gasteiger partial charge in [-0.25, -0.2) is 4.68 Å². The van der Waals surface area contributed by atoms with Gasteiger partial charge in [0.15, 0.2) is 5.82 Å². The van der Waals surface area contributed by atoms with Crippen LogP contribution >= 0.6 is 22.6 Å². The predicted octanol–water partition coefficient (Wildman–Crippen LogP) is 4.93. The maximum atomic E-state index is 10.2. The number of aryl methyl sites for hydroxylation is 3. The highest BCUT2D eigenvalue weighted by molar-refractivity contribution is 14.1. The van der Waals surface area contributed by atoms with Gasteiger partial charge in [-0.15, -0.1) is 0 Å². The summed E-state index contributed by atoms with van der Waals surface area (Å²) in [7, 11) is 3.81. The third-order valence-electron chi connectivity index (χ3n) is 6.87. The highest BCUT2D eigenvalue weighted by Gasteiger charge is 2.21. The topological polar surface area (TPSA) is 115 Å². The van der Waals surface area contributed by atoms with E-state index in [4.69, 9.17) is 4.74 Å². The third kappa shape index (κ3) is 5.48. The Morgan fingerprint density at radius 1 is 0.897 bits per heavy atom. The van der Waals surface area contributed by atoms with Crippen molar-refractivity contribution in [2.45, 2.75) is 51.9 Å². The molecule has 4 heterocycles. The van der Waals surface area contributed by atoms with Crippen molar-refractivity contribution in [3.8, 4) is 5.88 Å². The van der Waals surface area contributed by atoms with Crippen LogP contribution in [0.25, 0.3) is 21.8 Å². The molecule has 2 aromatic carbocycles. The maximum absolute atomic E-state index is 10.2. The lowest BCUT2D eigenvalue weighted by molar-refractivity contribution is 0.0781. The van der Waals surface area contributed by atoms with Crippen molar-refractivity contribution in [1.82, 2.24) is 29.3 Å². The molecule has 0 saturated carbocycles. The molecule has 5 aromatic rings. The van der Waals surface area contributed by atoms with E-state index in [1.807, 2.05) is 64.5 Å². The molecule has 0 spiro atoms. The molecule has 0 saturated heterocycles. The van der Waals surface area contributed by atoms with Crippen LogP contribution < -0.4 is 10.1 Å². The largest absolute Gasteiger partial charge is 0.476 e. The molecule has 0 amide bonds. The number of aromatic nitrogens is 6. The molecule has 11 heteroatoms. The van der Waals surface area contributed by atoms with E-state index in [2.05, 4.69) is 43.2 Å². The van der Waals surface area contributed by atoms with Gasteiger partial charge in [0.25, 0.3) is 0 Å². The number of aliphatic hydroxyl groups is 2. The Labute approximate surface area is 240 Å². The summed E-state index contributed by atoms with van der Waals surface area (Å²) in [5.41, 5.74) is 2.92. The zero-order valence-corrected chi connectivity index (χ0v) is 25.2. The van der Waals surface area contributed by atoms with Gasteiger partial charge in [-0.2, -0.15) is 15.3 Å². The molecule has 3 N–H and O–H groups in total. The van der Waals surface area contributed by atoms with Gasteiger partial charge >= 0.3 is 0 Å². The van der Waals surface area contributed by atoms with Gasteiger partial charge in [-0.3, -0.25) is 9.36 Å². The van der Waals surface area contributed by atoms with Crippen molar-refractivity contribution in [2.24, 2.45) is 14.1 Å². The summed E-state index contributed by atoms with van der Waals surface area (Å²) >= 11 is 2.22. The summed E-state index contributed by atoms with van der Waals surface area (Å²) < 4.78 is 12.2. The smallest absolute Gasteiger partial charge is 0.236 e. The fourth-order valence-electron chi connectivity index (χ4n) is 4.61. The Hall–Kier alpha value is -3.16. The van der Waals surface area contributed by atoms with Crippen LogP contribution in [-0.4, -0.2) is 46.2 Å². The van der Waals surface area contributed by atoms with Crippen molar-refractivity contribution in [1.29, 1.82) is 0 Å². The number of hydrogen-bond donors (Lipinski definition) is 3. The molecular formula is C28H34IN7O3. The van der Waals surface area contributed by atoms with Gasteiger partial charge in [0.1, 0.15) is 9.39 Å². The number of halogens is 1. The van der Waals surface area contributed by atoms with E-state index >= 15 is 0 Å². The van der Waals surface area contributed by atoms with E-state index < -0.39 is 11.2 Å². The fraction of sp³-hybridized carbons (Fsp3) is 0.393. The zero-order valence-electron chi connectivity index (χ0n) is 23.0. The Balaban J connectivity index is 0.000000177. The van der Waals surface area contributed by atoms with Crippen LogP contribution in [0.2, 0.25) is 0 Å². The first-order valence-electron chi connectivity index (χ1n) is 12.8. The van der Waals surface area contributed by atoms with Crippen LogP contribution in [-0.2, 0) is 31.8 Å². The lowest BCUT2D eigenvalue weighted by atomic mass is 9.97. The van der Waals surface area contributed by atoms with Gasteiger partial charge in [-0.1, -0.05) is 12.1 Å². The Bertz CT molecular complexity index is 1650. The van der Waals surface area contributed by atoms with Gasteiger partial charge in [0.05, 0.1) is 35.0 Å². The number of rotatable bonds is 4. The summed E-state index contributed by atoms with van der Waals surface area (Å²) in [5.74, 6) is 1.51. The monoisotopic (exact) mass is 643 g/mol. The lowest BCUT2D eigenvalue weighted by Crippen LogP contribution is -2.15. The first-order chi connectivity index (χ1) is 18.3. The summed E-state index contributed by atoms with van der Waals surface area (Å²) in [6.45, 7) is 8.71. The highest BCUT2D eigenvalue weighted by Crippen LogP contribution is 2.34. The summed E-state index contributed by atoms with van der Waals surface area (Å²) in [6.07, 6.45) is 2.74. The summed E-state index contributed by atoms with van der Waals surface area (Å²) in [4.78, 5) is 0. The van der Waals surface area contributed by atoms with Crippen LogP contribution in [0, 0.1) is 3.70 Å². The number of ether oxygens (including phenoxy) is 1. The van der Waals surface area contributed by atoms with E-state index in [-0.39, 0.29) is 0 Å². The molecule has 6 rings (SSSR count). The molecule has 0 bridgehead atoms. The van der Waals surface area contributed by atoms with E-state index in [9.17, 15) is 10.2 Å². The standard InChI is InChI=1S/C17H21N5O2.C11H13IN2O/c1-17(2,23)11-5-6-12-14(9-11)21(3)20-15(12)19-13-10-18-22-7-4-8-24-16(13)22;1-11(2,15)7-4-5-8-9(6-7)14(3)13-10(8)12/h5-6,9-10,23H,4,7-8H2,1-3H3,(H,19,20);4-6,15H,1-3H3. The van der Waals surface area contributed by atoms with Crippen LogP contribution in [0.15, 0.2) is 42.6 Å². The number of fused-ring (bicyclic) bond motifs is 3. The van der Waals surface area contributed by atoms with Crippen molar-refractivity contribution < 1.29 is 14.9 Å². The fourth-order valence-corrected chi connectivity index (χ4v) is 5.39. The van der Waals surface area contributed by atoms with Crippen LogP contribution in [0.5, 0.6) is 5.88 Å². The first-order valence-corrected chi connectivity index (χ1v) is 13.9. The minimum Gasteiger partial charge on any atom is -0.476 e. The molecule has 10 nitrogen and oxygen atoms in total. The van der Waals surface area contributed by atoms with Gasteiger partial charge in [-0.05, 0) is 85.7 Å². The lowest BCUT2D eigenvalue weighted by Gasteiger charge is -2.17. The molecule has 3 aromatic heterocycles. The molecule has 1 aliphatic heterocycles. The maximum Gasteiger partial charge on any atom is 0.236 e. The molecule has 0 unspecified atom stereocenters. The molecule has 0 fully saturated rings. The second-order valence-electron chi connectivity index (χ2n) is 10.9. The number of anilines is 2. The van der Waals surface area contributed by atoms with E-state index in [0.29, 0.717) is 6.61 Å². The highest BCUT2D eigenvalue weighted by atomic mass is 127. The molecule has 1 aliphatic rings. The predicted molar refractivity (Wildman–Crippen MR) is 160 cm³/mol. The number of nitrogens with one attached hydrogen (secondary N) is 1.